The van der Waals surface area contributed by atoms with E-state index in [4.69, 9.17) is 4.42 Å². The minimum Gasteiger partial charge on any atom is -0.450 e. The van der Waals surface area contributed by atoms with Gasteiger partial charge in [0.25, 0.3) is 0 Å². The average Bonchev–Trinajstić information content (AvgIpc) is 2.94. The van der Waals surface area contributed by atoms with Gasteiger partial charge in [-0.3, -0.25) is 0 Å². The molecular weight excluding hydrogens is 300 g/mol. The molecule has 2 heterocycles. The quantitative estimate of drug-likeness (QED) is 0.603. The van der Waals surface area contributed by atoms with Gasteiger partial charge in [0.05, 0.1) is 0 Å². The first-order chi connectivity index (χ1) is 11.6. The summed E-state index contributed by atoms with van der Waals surface area (Å²) in [4.78, 5) is 11.1. The Labute approximate surface area is 139 Å². The lowest BCUT2D eigenvalue weighted by molar-refractivity contribution is 0.666. The molecule has 4 aromatic rings. The first kappa shape index (κ1) is 14.5. The first-order valence-electron chi connectivity index (χ1n) is 7.82. The molecule has 2 aromatic carbocycles. The number of furan rings is 1. The van der Waals surface area contributed by atoms with Crippen molar-refractivity contribution >= 4 is 39.3 Å². The number of para-hydroxylation sites is 1. The van der Waals surface area contributed by atoms with Crippen LogP contribution in [0.3, 0.4) is 0 Å². The van der Waals surface area contributed by atoms with E-state index in [-0.39, 0.29) is 0 Å². The number of fused-ring (bicyclic) bond motifs is 3. The number of hydrogen-bond donors (Lipinski definition) is 1. The van der Waals surface area contributed by atoms with Crippen LogP contribution in [0.25, 0.3) is 22.1 Å². The SMILES string of the molecule is Cc1nc(Nc2ccc(N(C)C)cc2)c2oc3ccccc3c2n1. The van der Waals surface area contributed by atoms with Gasteiger partial charge in [-0.05, 0) is 43.3 Å². The van der Waals surface area contributed by atoms with E-state index >= 15 is 0 Å². The normalized spacial score (nSPS) is 11.1. The van der Waals surface area contributed by atoms with Crippen LogP contribution in [-0.2, 0) is 0 Å². The summed E-state index contributed by atoms with van der Waals surface area (Å²) in [5.41, 5.74) is 4.44. The second-order valence-electron chi connectivity index (χ2n) is 5.96. The molecule has 0 atom stereocenters. The molecule has 24 heavy (non-hydrogen) atoms. The molecule has 0 bridgehead atoms. The molecule has 4 rings (SSSR count). The van der Waals surface area contributed by atoms with Crippen LogP contribution < -0.4 is 10.2 Å². The standard InChI is InChI=1S/C19H18N4O/c1-12-20-17-15-6-4-5-7-16(15)24-18(17)19(21-12)22-13-8-10-14(11-9-13)23(2)3/h4-11H,1-3H3,(H,20,21,22). The van der Waals surface area contributed by atoms with Gasteiger partial charge in [-0.15, -0.1) is 0 Å². The molecule has 1 N–H and O–H groups in total. The van der Waals surface area contributed by atoms with E-state index in [0.717, 1.165) is 27.9 Å². The van der Waals surface area contributed by atoms with E-state index in [1.807, 2.05) is 57.4 Å². The molecule has 2 aromatic heterocycles. The molecule has 0 aliphatic rings. The number of hydrogen-bond acceptors (Lipinski definition) is 5. The van der Waals surface area contributed by atoms with Crippen molar-refractivity contribution in [3.05, 3.63) is 54.4 Å². The Hall–Kier alpha value is -3.08. The Bertz CT molecular complexity index is 1020. The van der Waals surface area contributed by atoms with Crippen molar-refractivity contribution < 1.29 is 4.42 Å². The van der Waals surface area contributed by atoms with Crippen molar-refractivity contribution in [2.45, 2.75) is 6.92 Å². The van der Waals surface area contributed by atoms with Gasteiger partial charge in [-0.25, -0.2) is 9.97 Å². The van der Waals surface area contributed by atoms with Crippen molar-refractivity contribution in [2.75, 3.05) is 24.3 Å². The number of nitrogens with one attached hydrogen (secondary N) is 1. The maximum absolute atomic E-state index is 5.98. The zero-order valence-electron chi connectivity index (χ0n) is 13.9. The second-order valence-corrected chi connectivity index (χ2v) is 5.96. The molecule has 0 saturated heterocycles. The number of benzene rings is 2. The van der Waals surface area contributed by atoms with E-state index in [1.54, 1.807) is 0 Å². The van der Waals surface area contributed by atoms with Crippen LogP contribution in [0.15, 0.2) is 52.9 Å². The predicted octanol–water partition coefficient (Wildman–Crippen LogP) is 4.49. The van der Waals surface area contributed by atoms with Crippen LogP contribution in [0.5, 0.6) is 0 Å². The highest BCUT2D eigenvalue weighted by atomic mass is 16.3. The number of rotatable bonds is 3. The van der Waals surface area contributed by atoms with Gasteiger partial charge < -0.3 is 14.6 Å². The molecule has 0 spiro atoms. The Morgan fingerprint density at radius 2 is 1.71 bits per heavy atom. The third kappa shape index (κ3) is 2.44. The lowest BCUT2D eigenvalue weighted by Gasteiger charge is -2.13. The molecule has 0 radical (unpaired) electrons. The molecule has 120 valence electrons. The highest BCUT2D eigenvalue weighted by Crippen LogP contribution is 2.32. The Kier molecular flexibility index (Phi) is 3.34. The minimum absolute atomic E-state index is 0.679. The Morgan fingerprint density at radius 1 is 0.958 bits per heavy atom. The van der Waals surface area contributed by atoms with Crippen molar-refractivity contribution in [2.24, 2.45) is 0 Å². The summed E-state index contributed by atoms with van der Waals surface area (Å²) >= 11 is 0. The second kappa shape index (κ2) is 5.53. The van der Waals surface area contributed by atoms with Crippen LogP contribution in [-0.4, -0.2) is 24.1 Å². The lowest BCUT2D eigenvalue weighted by atomic mass is 10.2. The van der Waals surface area contributed by atoms with Crippen LogP contribution in [0.4, 0.5) is 17.2 Å². The third-order valence-electron chi connectivity index (χ3n) is 3.98. The highest BCUT2D eigenvalue weighted by molar-refractivity contribution is 6.06. The van der Waals surface area contributed by atoms with E-state index in [9.17, 15) is 0 Å². The molecule has 0 saturated carbocycles. The molecule has 0 amide bonds. The Morgan fingerprint density at radius 3 is 2.46 bits per heavy atom. The van der Waals surface area contributed by atoms with E-state index in [2.05, 4.69) is 32.3 Å². The van der Waals surface area contributed by atoms with Crippen molar-refractivity contribution in [1.82, 2.24) is 9.97 Å². The topological polar surface area (TPSA) is 54.2 Å². The zero-order chi connectivity index (χ0) is 16.7. The predicted molar refractivity (Wildman–Crippen MR) is 98.1 cm³/mol. The van der Waals surface area contributed by atoms with Gasteiger partial charge >= 0.3 is 0 Å². The summed E-state index contributed by atoms with van der Waals surface area (Å²) in [5, 5.41) is 4.36. The summed E-state index contributed by atoms with van der Waals surface area (Å²) in [6, 6.07) is 16.1. The van der Waals surface area contributed by atoms with Gasteiger partial charge in [0.1, 0.15) is 16.9 Å². The summed E-state index contributed by atoms with van der Waals surface area (Å²) in [6.45, 7) is 1.89. The molecule has 0 aliphatic heterocycles. The fourth-order valence-corrected chi connectivity index (χ4v) is 2.77. The largest absolute Gasteiger partial charge is 0.450 e. The smallest absolute Gasteiger partial charge is 0.196 e. The summed E-state index contributed by atoms with van der Waals surface area (Å²) < 4.78 is 5.98. The fraction of sp³-hybridized carbons (Fsp3) is 0.158. The van der Waals surface area contributed by atoms with Crippen molar-refractivity contribution in [3.8, 4) is 0 Å². The van der Waals surface area contributed by atoms with Crippen molar-refractivity contribution in [1.29, 1.82) is 0 Å². The van der Waals surface area contributed by atoms with Gasteiger partial charge in [0.2, 0.25) is 0 Å². The fourth-order valence-electron chi connectivity index (χ4n) is 2.77. The van der Waals surface area contributed by atoms with Crippen LogP contribution in [0.1, 0.15) is 5.82 Å². The lowest BCUT2D eigenvalue weighted by Crippen LogP contribution is -2.08. The average molecular weight is 318 g/mol. The Balaban J connectivity index is 1.81. The van der Waals surface area contributed by atoms with Gasteiger partial charge in [0.15, 0.2) is 11.4 Å². The number of aryl methyl sites for hydroxylation is 1. The molecule has 0 fully saturated rings. The van der Waals surface area contributed by atoms with Crippen LogP contribution >= 0.6 is 0 Å². The van der Waals surface area contributed by atoms with Gasteiger partial charge in [-0.2, -0.15) is 0 Å². The summed E-state index contributed by atoms with van der Waals surface area (Å²) in [6.07, 6.45) is 0. The molecule has 5 heteroatoms. The molecule has 5 nitrogen and oxygen atoms in total. The first-order valence-corrected chi connectivity index (χ1v) is 7.82. The molecule has 0 unspecified atom stereocenters. The summed E-state index contributed by atoms with van der Waals surface area (Å²) in [5.74, 6) is 1.40. The van der Waals surface area contributed by atoms with Crippen molar-refractivity contribution in [3.63, 3.8) is 0 Å². The molecule has 0 aliphatic carbocycles. The van der Waals surface area contributed by atoms with Gasteiger partial charge in [-0.1, -0.05) is 12.1 Å². The monoisotopic (exact) mass is 318 g/mol. The summed E-state index contributed by atoms with van der Waals surface area (Å²) in [7, 11) is 4.04. The van der Waals surface area contributed by atoms with Gasteiger partial charge in [0, 0.05) is 30.9 Å². The maximum Gasteiger partial charge on any atom is 0.196 e. The minimum atomic E-state index is 0.679. The maximum atomic E-state index is 5.98. The van der Waals surface area contributed by atoms with E-state index in [0.29, 0.717) is 17.2 Å². The van der Waals surface area contributed by atoms with Crippen LogP contribution in [0.2, 0.25) is 0 Å². The van der Waals surface area contributed by atoms with E-state index < -0.39 is 0 Å². The zero-order valence-corrected chi connectivity index (χ0v) is 13.9. The highest BCUT2D eigenvalue weighted by Gasteiger charge is 2.14. The number of aromatic nitrogens is 2. The number of nitrogens with zero attached hydrogens (tertiary/aromatic N) is 3. The third-order valence-corrected chi connectivity index (χ3v) is 3.98. The number of anilines is 3. The van der Waals surface area contributed by atoms with E-state index in [1.165, 1.54) is 0 Å². The van der Waals surface area contributed by atoms with Crippen LogP contribution in [0, 0.1) is 6.92 Å². The molecular formula is C19H18N4O.